The third-order valence-corrected chi connectivity index (χ3v) is 3.60. The quantitative estimate of drug-likeness (QED) is 0.871. The largest absolute Gasteiger partial charge is 0.368 e. The predicted molar refractivity (Wildman–Crippen MR) is 79.5 cm³/mol. The van der Waals surface area contributed by atoms with E-state index >= 15 is 0 Å². The van der Waals surface area contributed by atoms with E-state index in [0.717, 1.165) is 45.1 Å². The monoisotopic (exact) mass is 256 g/mol. The van der Waals surface area contributed by atoms with Crippen molar-refractivity contribution in [3.63, 3.8) is 0 Å². The number of fused-ring (bicyclic) bond motifs is 1. The standard InChI is InChI=1S/C15H20N4/c1-2-4-14-13(3-1)5-6-17-15(14)18-9-12-19-10-7-16-8-11-19/h1-6,16H,7-12H2,(H,17,18). The van der Waals surface area contributed by atoms with E-state index in [1.54, 1.807) is 0 Å². The van der Waals surface area contributed by atoms with Crippen LogP contribution in [-0.2, 0) is 0 Å². The van der Waals surface area contributed by atoms with Gasteiger partial charge in [-0.2, -0.15) is 0 Å². The van der Waals surface area contributed by atoms with Gasteiger partial charge in [0.2, 0.25) is 0 Å². The second-order valence-corrected chi connectivity index (χ2v) is 4.90. The molecule has 0 saturated carbocycles. The number of piperazine rings is 1. The summed E-state index contributed by atoms with van der Waals surface area (Å²) >= 11 is 0. The maximum absolute atomic E-state index is 4.45. The van der Waals surface area contributed by atoms with E-state index < -0.39 is 0 Å². The van der Waals surface area contributed by atoms with Crippen molar-refractivity contribution < 1.29 is 0 Å². The highest BCUT2D eigenvalue weighted by Gasteiger charge is 2.08. The summed E-state index contributed by atoms with van der Waals surface area (Å²) < 4.78 is 0. The van der Waals surface area contributed by atoms with Crippen molar-refractivity contribution in [1.82, 2.24) is 15.2 Å². The number of pyridine rings is 1. The Morgan fingerprint density at radius 3 is 2.89 bits per heavy atom. The molecule has 0 amide bonds. The van der Waals surface area contributed by atoms with Gasteiger partial charge in [0, 0.05) is 50.9 Å². The van der Waals surface area contributed by atoms with Gasteiger partial charge in [0.1, 0.15) is 5.82 Å². The maximum atomic E-state index is 4.45. The molecule has 0 unspecified atom stereocenters. The smallest absolute Gasteiger partial charge is 0.133 e. The van der Waals surface area contributed by atoms with Crippen molar-refractivity contribution in [2.45, 2.75) is 0 Å². The van der Waals surface area contributed by atoms with Gasteiger partial charge in [0.05, 0.1) is 0 Å². The normalized spacial score (nSPS) is 16.6. The van der Waals surface area contributed by atoms with Gasteiger partial charge in [-0.15, -0.1) is 0 Å². The van der Waals surface area contributed by atoms with E-state index in [1.165, 1.54) is 10.8 Å². The second kappa shape index (κ2) is 5.99. The molecule has 1 saturated heterocycles. The summed E-state index contributed by atoms with van der Waals surface area (Å²) in [5.74, 6) is 0.994. The highest BCUT2D eigenvalue weighted by Crippen LogP contribution is 2.19. The summed E-state index contributed by atoms with van der Waals surface area (Å²) in [6.45, 7) is 6.52. The fourth-order valence-corrected chi connectivity index (χ4v) is 2.53. The van der Waals surface area contributed by atoms with Crippen LogP contribution in [0.1, 0.15) is 0 Å². The molecule has 2 aromatic rings. The molecular formula is C15H20N4. The van der Waals surface area contributed by atoms with Gasteiger partial charge >= 0.3 is 0 Å². The Bertz CT molecular complexity index is 529. The summed E-state index contributed by atoms with van der Waals surface area (Å²) in [5, 5.41) is 9.27. The van der Waals surface area contributed by atoms with Gasteiger partial charge in [0.25, 0.3) is 0 Å². The molecule has 100 valence electrons. The minimum absolute atomic E-state index is 0.945. The zero-order valence-electron chi connectivity index (χ0n) is 11.1. The van der Waals surface area contributed by atoms with E-state index in [-0.39, 0.29) is 0 Å². The maximum Gasteiger partial charge on any atom is 0.133 e. The van der Waals surface area contributed by atoms with Gasteiger partial charge in [0.15, 0.2) is 0 Å². The number of rotatable bonds is 4. The molecule has 1 aromatic heterocycles. The van der Waals surface area contributed by atoms with Crippen molar-refractivity contribution >= 4 is 16.6 Å². The Hall–Kier alpha value is -1.65. The number of benzene rings is 1. The number of nitrogens with zero attached hydrogens (tertiary/aromatic N) is 2. The lowest BCUT2D eigenvalue weighted by atomic mass is 10.1. The van der Waals surface area contributed by atoms with Crippen molar-refractivity contribution in [2.75, 3.05) is 44.6 Å². The fourth-order valence-electron chi connectivity index (χ4n) is 2.53. The SMILES string of the molecule is c1ccc2c(NCCN3CCNCC3)nccc2c1. The highest BCUT2D eigenvalue weighted by molar-refractivity contribution is 5.91. The molecule has 2 heterocycles. The first-order chi connectivity index (χ1) is 9.43. The topological polar surface area (TPSA) is 40.2 Å². The first-order valence-corrected chi connectivity index (χ1v) is 6.94. The van der Waals surface area contributed by atoms with Crippen molar-refractivity contribution in [2.24, 2.45) is 0 Å². The lowest BCUT2D eigenvalue weighted by molar-refractivity contribution is 0.249. The van der Waals surface area contributed by atoms with Crippen LogP contribution in [0.2, 0.25) is 0 Å². The van der Waals surface area contributed by atoms with Crippen LogP contribution in [0.5, 0.6) is 0 Å². The average Bonchev–Trinajstić information content (AvgIpc) is 2.49. The van der Waals surface area contributed by atoms with Crippen molar-refractivity contribution in [3.8, 4) is 0 Å². The third kappa shape index (κ3) is 3.03. The summed E-state index contributed by atoms with van der Waals surface area (Å²) in [6.07, 6.45) is 1.87. The van der Waals surface area contributed by atoms with E-state index in [2.05, 4.69) is 50.8 Å². The molecule has 0 aliphatic carbocycles. The zero-order chi connectivity index (χ0) is 12.9. The zero-order valence-corrected chi connectivity index (χ0v) is 11.1. The van der Waals surface area contributed by atoms with Gasteiger partial charge in [-0.25, -0.2) is 4.98 Å². The molecule has 1 aliphatic heterocycles. The van der Waals surface area contributed by atoms with Gasteiger partial charge < -0.3 is 10.6 Å². The summed E-state index contributed by atoms with van der Waals surface area (Å²) in [4.78, 5) is 6.93. The molecule has 0 radical (unpaired) electrons. The Morgan fingerprint density at radius 2 is 2.00 bits per heavy atom. The fraction of sp³-hybridized carbons (Fsp3) is 0.400. The van der Waals surface area contributed by atoms with Crippen LogP contribution in [0.15, 0.2) is 36.5 Å². The Kier molecular flexibility index (Phi) is 3.91. The summed E-state index contributed by atoms with van der Waals surface area (Å²) in [5.41, 5.74) is 0. The predicted octanol–water partition coefficient (Wildman–Crippen LogP) is 1.55. The van der Waals surface area contributed by atoms with Crippen LogP contribution >= 0.6 is 0 Å². The van der Waals surface area contributed by atoms with Crippen LogP contribution in [0.3, 0.4) is 0 Å². The summed E-state index contributed by atoms with van der Waals surface area (Å²) in [7, 11) is 0. The lowest BCUT2D eigenvalue weighted by Gasteiger charge is -2.27. The van der Waals surface area contributed by atoms with E-state index in [1.807, 2.05) is 6.20 Å². The first-order valence-electron chi connectivity index (χ1n) is 6.94. The third-order valence-electron chi connectivity index (χ3n) is 3.60. The Balaban J connectivity index is 1.62. The molecule has 3 rings (SSSR count). The van der Waals surface area contributed by atoms with Crippen LogP contribution in [0.4, 0.5) is 5.82 Å². The van der Waals surface area contributed by atoms with E-state index in [0.29, 0.717) is 0 Å². The number of hydrogen-bond acceptors (Lipinski definition) is 4. The molecule has 19 heavy (non-hydrogen) atoms. The molecule has 4 nitrogen and oxygen atoms in total. The van der Waals surface area contributed by atoms with Crippen LogP contribution < -0.4 is 10.6 Å². The minimum Gasteiger partial charge on any atom is -0.368 e. The lowest BCUT2D eigenvalue weighted by Crippen LogP contribution is -2.45. The molecule has 1 aliphatic rings. The van der Waals surface area contributed by atoms with E-state index in [4.69, 9.17) is 0 Å². The number of hydrogen-bond donors (Lipinski definition) is 2. The second-order valence-electron chi connectivity index (χ2n) is 4.90. The molecule has 0 bridgehead atoms. The Labute approximate surface area is 113 Å². The first kappa shape index (κ1) is 12.4. The minimum atomic E-state index is 0.945. The highest BCUT2D eigenvalue weighted by atomic mass is 15.2. The molecule has 4 heteroatoms. The molecule has 1 fully saturated rings. The van der Waals surface area contributed by atoms with Crippen LogP contribution in [0.25, 0.3) is 10.8 Å². The number of nitrogens with one attached hydrogen (secondary N) is 2. The number of aromatic nitrogens is 1. The molecule has 0 spiro atoms. The molecular weight excluding hydrogens is 236 g/mol. The van der Waals surface area contributed by atoms with Gasteiger partial charge in [-0.1, -0.05) is 24.3 Å². The number of anilines is 1. The van der Waals surface area contributed by atoms with Crippen molar-refractivity contribution in [1.29, 1.82) is 0 Å². The van der Waals surface area contributed by atoms with Crippen LogP contribution in [-0.4, -0.2) is 49.2 Å². The van der Waals surface area contributed by atoms with Gasteiger partial charge in [-0.3, -0.25) is 4.90 Å². The van der Waals surface area contributed by atoms with E-state index in [9.17, 15) is 0 Å². The molecule has 2 N–H and O–H groups in total. The summed E-state index contributed by atoms with van der Waals surface area (Å²) in [6, 6.07) is 10.4. The molecule has 1 aromatic carbocycles. The van der Waals surface area contributed by atoms with Gasteiger partial charge in [-0.05, 0) is 11.5 Å². The molecule has 0 atom stereocenters. The Morgan fingerprint density at radius 1 is 1.16 bits per heavy atom. The average molecular weight is 256 g/mol. The van der Waals surface area contributed by atoms with Crippen molar-refractivity contribution in [3.05, 3.63) is 36.5 Å². The van der Waals surface area contributed by atoms with Crippen LogP contribution in [0, 0.1) is 0 Å².